The zero-order valence-electron chi connectivity index (χ0n) is 38.2. The number of ketones is 1. The molecule has 61 heavy (non-hydrogen) atoms. The van der Waals surface area contributed by atoms with Crippen molar-refractivity contribution in [2.45, 2.75) is 154 Å². The van der Waals surface area contributed by atoms with E-state index in [1.54, 1.807) is 0 Å². The van der Waals surface area contributed by atoms with Crippen LogP contribution in [-0.2, 0) is 22.4 Å². The zero-order valence-corrected chi connectivity index (χ0v) is 41.2. The average molecular weight is 932 g/mol. The summed E-state index contributed by atoms with van der Waals surface area (Å²) in [5.41, 5.74) is 9.09. The van der Waals surface area contributed by atoms with E-state index in [1.165, 1.54) is 15.7 Å². The molecule has 0 atom stereocenters. The maximum Gasteiger partial charge on any atom is 0.303 e. The molecule has 4 rings (SSSR count). The Hall–Kier alpha value is -1.86. The van der Waals surface area contributed by atoms with Crippen LogP contribution in [0.3, 0.4) is 0 Å². The molecule has 0 aromatic heterocycles. The second-order valence-electron chi connectivity index (χ2n) is 19.2. The number of carbonyl (C=O) groups is 2. The SMILES string of the molecule is CC1(C)CC(CC(=O)CCCc2ccc(N(CCCl)CCCl)cc2)CC(C)(C)N1[O-].CC1(C)CC(N)CC(C)(C)N1[O-].O=C(O)CCCc1ccc(N(CCCl)CCCl)cc1. The number of alkyl halides is 4. The number of carboxylic acid groups (broad SMARTS) is 1. The van der Waals surface area contributed by atoms with Crippen molar-refractivity contribution in [3.63, 3.8) is 0 Å². The van der Waals surface area contributed by atoms with Crippen molar-refractivity contribution in [3.05, 3.63) is 70.1 Å². The van der Waals surface area contributed by atoms with E-state index < -0.39 is 17.0 Å². The van der Waals surface area contributed by atoms with Crippen molar-refractivity contribution in [3.8, 4) is 0 Å². The highest BCUT2D eigenvalue weighted by Crippen LogP contribution is 2.42. The molecular formula is C47H75Cl4N5O5-2. The fraction of sp³-hybridized carbons (Fsp3) is 0.702. The van der Waals surface area contributed by atoms with Crippen molar-refractivity contribution in [2.75, 3.05) is 59.5 Å². The summed E-state index contributed by atoms with van der Waals surface area (Å²) in [6, 6.07) is 16.8. The summed E-state index contributed by atoms with van der Waals surface area (Å²) in [5.74, 6) is 2.15. The first kappa shape index (κ1) is 55.3. The summed E-state index contributed by atoms with van der Waals surface area (Å²) < 4.78 is 0. The third-order valence-corrected chi connectivity index (χ3v) is 12.3. The van der Waals surface area contributed by atoms with Gasteiger partial charge in [0.2, 0.25) is 0 Å². The first-order valence-corrected chi connectivity index (χ1v) is 24.0. The second kappa shape index (κ2) is 26.2. The minimum Gasteiger partial charge on any atom is -0.784 e. The van der Waals surface area contributed by atoms with Crippen molar-refractivity contribution >= 4 is 69.5 Å². The number of hydrogen-bond acceptors (Lipinski definition) is 9. The van der Waals surface area contributed by atoms with Crippen molar-refractivity contribution < 1.29 is 14.7 Å². The van der Waals surface area contributed by atoms with Gasteiger partial charge in [-0.2, -0.15) is 0 Å². The molecule has 2 aromatic carbocycles. The van der Waals surface area contributed by atoms with Crippen LogP contribution in [0.25, 0.3) is 0 Å². The van der Waals surface area contributed by atoms with Gasteiger partial charge in [0.1, 0.15) is 5.78 Å². The van der Waals surface area contributed by atoms with Crippen molar-refractivity contribution in [2.24, 2.45) is 11.7 Å². The zero-order chi connectivity index (χ0) is 46.0. The lowest BCUT2D eigenvalue weighted by Gasteiger charge is -2.60. The van der Waals surface area contributed by atoms with Crippen LogP contribution in [-0.4, -0.2) is 105 Å². The Balaban J connectivity index is 0.000000351. The summed E-state index contributed by atoms with van der Waals surface area (Å²) in [7, 11) is 0. The Labute approximate surface area is 387 Å². The van der Waals surface area contributed by atoms with E-state index in [4.69, 9.17) is 57.2 Å². The number of rotatable bonds is 20. The van der Waals surface area contributed by atoms with Gasteiger partial charge in [0.15, 0.2) is 0 Å². The molecule has 0 saturated carbocycles. The molecule has 348 valence electrons. The Morgan fingerprint density at radius 2 is 0.951 bits per heavy atom. The maximum absolute atomic E-state index is 12.6. The molecular weight excluding hydrogens is 856 g/mol. The van der Waals surface area contributed by atoms with Gasteiger partial charge < -0.3 is 41.2 Å². The predicted molar refractivity (Wildman–Crippen MR) is 260 cm³/mol. The van der Waals surface area contributed by atoms with E-state index in [0.717, 1.165) is 88.1 Å². The molecule has 10 nitrogen and oxygen atoms in total. The predicted octanol–water partition coefficient (Wildman–Crippen LogP) is 10.9. The van der Waals surface area contributed by atoms with Crippen LogP contribution in [0.15, 0.2) is 48.5 Å². The summed E-state index contributed by atoms with van der Waals surface area (Å²) in [6.07, 6.45) is 7.77. The van der Waals surface area contributed by atoms with Gasteiger partial charge in [-0.15, -0.1) is 46.4 Å². The van der Waals surface area contributed by atoms with Crippen molar-refractivity contribution in [1.82, 2.24) is 10.1 Å². The number of nitrogens with two attached hydrogens (primary N) is 1. The molecule has 2 aliphatic heterocycles. The van der Waals surface area contributed by atoms with Crippen LogP contribution in [0.1, 0.15) is 124 Å². The maximum atomic E-state index is 12.6. The van der Waals surface area contributed by atoms with Crippen LogP contribution >= 0.6 is 46.4 Å². The lowest BCUT2D eigenvalue weighted by Crippen LogP contribution is -2.60. The number of benzene rings is 2. The second-order valence-corrected chi connectivity index (χ2v) is 20.7. The third-order valence-electron chi connectivity index (χ3n) is 11.6. The molecule has 0 spiro atoms. The number of piperidine rings is 2. The molecule has 2 aromatic rings. The smallest absolute Gasteiger partial charge is 0.303 e. The standard InChI is InChI=1S/C24H37Cl2N2O2.C14H19Cl2NO2.C9H19N2O/c1-23(2)17-20(18-24(3,4)28(23)30)16-22(29)7-5-6-19-8-10-21(11-9-19)27(14-12-25)15-13-26;15-8-10-17(11-9-16)13-6-4-12(5-7-13)2-1-3-14(18)19;1-8(2)5-7(10)6-9(3,4)11(8)12/h8-11,20H,5-7,12-18H2,1-4H3;4-7H,1-3,8-11H2,(H,18,19);7H,5-6,10H2,1-4H3/q-1;;-1. The number of anilines is 2. The fourth-order valence-corrected chi connectivity index (χ4v) is 10.0. The molecule has 3 N–H and O–H groups in total. The first-order valence-electron chi connectivity index (χ1n) is 21.9. The number of carboxylic acids is 1. The van der Waals surface area contributed by atoms with E-state index in [-0.39, 0.29) is 23.5 Å². The van der Waals surface area contributed by atoms with Crippen LogP contribution < -0.4 is 15.5 Å². The number of hydroxylamine groups is 4. The van der Waals surface area contributed by atoms with E-state index in [0.29, 0.717) is 54.5 Å². The summed E-state index contributed by atoms with van der Waals surface area (Å²) in [5, 5.41) is 35.3. The third kappa shape index (κ3) is 19.0. The van der Waals surface area contributed by atoms with Gasteiger partial charge in [-0.05, 0) is 148 Å². The van der Waals surface area contributed by atoms with Crippen LogP contribution in [0, 0.1) is 16.3 Å². The minimum atomic E-state index is -0.743. The molecule has 0 amide bonds. The first-order chi connectivity index (χ1) is 28.5. The quantitative estimate of drug-likeness (QED) is 0.123. The monoisotopic (exact) mass is 929 g/mol. The topological polar surface area (TPSA) is 139 Å². The van der Waals surface area contributed by atoms with Gasteiger partial charge in [0.05, 0.1) is 0 Å². The molecule has 2 heterocycles. The Morgan fingerprint density at radius 1 is 0.623 bits per heavy atom. The van der Waals surface area contributed by atoms with Crippen molar-refractivity contribution in [1.29, 1.82) is 0 Å². The summed E-state index contributed by atoms with van der Waals surface area (Å²) in [4.78, 5) is 27.3. The van der Waals surface area contributed by atoms with E-state index >= 15 is 0 Å². The van der Waals surface area contributed by atoms with Gasteiger partial charge in [-0.3, -0.25) is 9.59 Å². The Bertz CT molecular complexity index is 1530. The molecule has 0 radical (unpaired) electrons. The highest BCUT2D eigenvalue weighted by Gasteiger charge is 2.41. The van der Waals surface area contributed by atoms with Gasteiger partial charge >= 0.3 is 5.97 Å². The molecule has 0 aliphatic carbocycles. The highest BCUT2D eigenvalue weighted by atomic mass is 35.5. The van der Waals surface area contributed by atoms with E-state index in [1.807, 2.05) is 79.7 Å². The normalized spacial score (nSPS) is 18.6. The number of aryl methyl sites for hydroxylation is 2. The van der Waals surface area contributed by atoms with Gasteiger partial charge in [0.25, 0.3) is 0 Å². The number of nitrogens with zero attached hydrogens (tertiary/aromatic N) is 4. The van der Waals surface area contributed by atoms with Crippen LogP contribution in [0.5, 0.6) is 0 Å². The summed E-state index contributed by atoms with van der Waals surface area (Å²) >= 11 is 23.3. The Kier molecular flexibility index (Phi) is 23.7. The van der Waals surface area contributed by atoms with Gasteiger partial charge in [-0.25, -0.2) is 0 Å². The molecule has 2 fully saturated rings. The molecule has 0 bridgehead atoms. The molecule has 14 heteroatoms. The summed E-state index contributed by atoms with van der Waals surface area (Å²) in [6.45, 7) is 18.9. The minimum absolute atomic E-state index is 0.167. The lowest BCUT2D eigenvalue weighted by molar-refractivity contribution is -0.137. The number of halogens is 4. The van der Waals surface area contributed by atoms with E-state index in [9.17, 15) is 20.0 Å². The number of hydrogen-bond donors (Lipinski definition) is 2. The van der Waals surface area contributed by atoms with Gasteiger partial charge in [0, 0.05) is 109 Å². The van der Waals surface area contributed by atoms with Crippen LogP contribution in [0.4, 0.5) is 11.4 Å². The number of Topliss-reactive ketones (excluding diaryl/α,β-unsaturated/α-hetero) is 1. The molecule has 0 unspecified atom stereocenters. The van der Waals surface area contributed by atoms with E-state index in [2.05, 4.69) is 34.1 Å². The highest BCUT2D eigenvalue weighted by molar-refractivity contribution is 6.19. The Morgan fingerprint density at radius 3 is 1.28 bits per heavy atom. The van der Waals surface area contributed by atoms with Crippen LogP contribution in [0.2, 0.25) is 0 Å². The molecule has 2 aliphatic rings. The number of carbonyl (C=O) groups excluding carboxylic acids is 1. The molecule has 2 saturated heterocycles. The fourth-order valence-electron chi connectivity index (χ4n) is 9.21. The average Bonchev–Trinajstić information content (AvgIpc) is 3.16. The van der Waals surface area contributed by atoms with Gasteiger partial charge in [-0.1, -0.05) is 24.3 Å². The largest absolute Gasteiger partial charge is 0.784 e. The number of aliphatic carboxylic acids is 1. The lowest BCUT2D eigenvalue weighted by atomic mass is 9.73.